The van der Waals surface area contributed by atoms with E-state index in [9.17, 15) is 13.2 Å². The summed E-state index contributed by atoms with van der Waals surface area (Å²) >= 11 is 0. The van der Waals surface area contributed by atoms with E-state index in [1.54, 1.807) is 31.2 Å². The van der Waals surface area contributed by atoms with Gasteiger partial charge in [0, 0.05) is 18.7 Å². The molecule has 0 aliphatic carbocycles. The lowest BCUT2D eigenvalue weighted by molar-refractivity contribution is -0.113. The van der Waals surface area contributed by atoms with Crippen molar-refractivity contribution in [3.63, 3.8) is 0 Å². The Kier molecular flexibility index (Phi) is 3.60. The van der Waals surface area contributed by atoms with Crippen LogP contribution in [0.15, 0.2) is 40.3 Å². The predicted molar refractivity (Wildman–Crippen MR) is 73.3 cm³/mol. The lowest BCUT2D eigenvalue weighted by Gasteiger charge is -2.16. The van der Waals surface area contributed by atoms with E-state index in [2.05, 4.69) is 0 Å². The molecule has 0 unspecified atom stereocenters. The van der Waals surface area contributed by atoms with Gasteiger partial charge in [0.1, 0.15) is 0 Å². The number of ketones is 1. The molecule has 1 aliphatic heterocycles. The highest BCUT2D eigenvalue weighted by Gasteiger charge is 2.31. The molecule has 0 bridgehead atoms. The highest BCUT2D eigenvalue weighted by atomic mass is 32.2. The average molecular weight is 279 g/mol. The lowest BCUT2D eigenvalue weighted by Crippen LogP contribution is -2.30. The maximum atomic E-state index is 12.4. The minimum Gasteiger partial charge on any atom is -0.295 e. The molecule has 5 heteroatoms. The number of carbonyl (C=O) groups is 1. The van der Waals surface area contributed by atoms with Gasteiger partial charge in [0.25, 0.3) is 0 Å². The molecule has 1 heterocycles. The summed E-state index contributed by atoms with van der Waals surface area (Å²) in [5.74, 6) is -0.0564. The molecule has 0 radical (unpaired) electrons. The Balaban J connectivity index is 2.29. The Hall–Kier alpha value is -1.46. The van der Waals surface area contributed by atoms with Gasteiger partial charge in [-0.1, -0.05) is 23.3 Å². The van der Waals surface area contributed by atoms with Gasteiger partial charge in [-0.3, -0.25) is 4.79 Å². The van der Waals surface area contributed by atoms with Gasteiger partial charge in [0.05, 0.1) is 4.90 Å². The second kappa shape index (κ2) is 4.90. The minimum absolute atomic E-state index is 0.0564. The number of Topliss-reactive ketones (excluding diaryl/α,β-unsaturated/α-hetero) is 1. The van der Waals surface area contributed by atoms with E-state index in [0.717, 1.165) is 11.1 Å². The fourth-order valence-corrected chi connectivity index (χ4v) is 3.61. The van der Waals surface area contributed by atoms with Gasteiger partial charge in [0.2, 0.25) is 10.0 Å². The number of aryl methyl sites for hydroxylation is 1. The van der Waals surface area contributed by atoms with Gasteiger partial charge >= 0.3 is 0 Å². The van der Waals surface area contributed by atoms with Crippen LogP contribution < -0.4 is 0 Å². The predicted octanol–water partition coefficient (Wildman–Crippen LogP) is 1.90. The molecular weight excluding hydrogens is 262 g/mol. The number of hydrogen-bond donors (Lipinski definition) is 0. The van der Waals surface area contributed by atoms with E-state index in [1.807, 2.05) is 6.92 Å². The van der Waals surface area contributed by atoms with Crippen LogP contribution in [0, 0.1) is 6.92 Å². The summed E-state index contributed by atoms with van der Waals surface area (Å²) in [5.41, 5.74) is 2.46. The van der Waals surface area contributed by atoms with Crippen LogP contribution in [0.4, 0.5) is 0 Å². The summed E-state index contributed by atoms with van der Waals surface area (Å²) in [6.07, 6.45) is 0. The van der Waals surface area contributed by atoms with Crippen LogP contribution in [-0.2, 0) is 14.8 Å². The van der Waals surface area contributed by atoms with Gasteiger partial charge in [-0.05, 0) is 32.9 Å². The summed E-state index contributed by atoms with van der Waals surface area (Å²) < 4.78 is 26.2. The zero-order valence-corrected chi connectivity index (χ0v) is 12.1. The van der Waals surface area contributed by atoms with Crippen molar-refractivity contribution in [2.75, 3.05) is 13.1 Å². The van der Waals surface area contributed by atoms with Crippen LogP contribution in [0.3, 0.4) is 0 Å². The van der Waals surface area contributed by atoms with E-state index in [0.29, 0.717) is 12.1 Å². The molecule has 19 heavy (non-hydrogen) atoms. The molecular formula is C14H17NO3S. The van der Waals surface area contributed by atoms with Crippen LogP contribution in [0.25, 0.3) is 0 Å². The SMILES string of the molecule is CC(=O)C1=C(C)CN(S(=O)(=O)c2ccc(C)cc2)C1. The number of carbonyl (C=O) groups excluding carboxylic acids is 1. The second-order valence-electron chi connectivity index (χ2n) is 4.90. The summed E-state index contributed by atoms with van der Waals surface area (Å²) in [4.78, 5) is 11.7. The first-order valence-electron chi connectivity index (χ1n) is 6.09. The van der Waals surface area contributed by atoms with Gasteiger partial charge in [-0.25, -0.2) is 8.42 Å². The van der Waals surface area contributed by atoms with Crippen LogP contribution in [-0.4, -0.2) is 31.6 Å². The Morgan fingerprint density at radius 1 is 1.11 bits per heavy atom. The molecule has 0 atom stereocenters. The van der Waals surface area contributed by atoms with Crippen molar-refractivity contribution in [2.24, 2.45) is 0 Å². The number of sulfonamides is 1. The minimum atomic E-state index is -3.52. The molecule has 1 aromatic carbocycles. The third-order valence-electron chi connectivity index (χ3n) is 3.35. The first kappa shape index (κ1) is 14.0. The largest absolute Gasteiger partial charge is 0.295 e. The first-order chi connectivity index (χ1) is 8.82. The standard InChI is InChI=1S/C14H17NO3S/c1-10-4-6-13(7-5-10)19(17,18)15-8-11(2)14(9-15)12(3)16/h4-7H,8-9H2,1-3H3. The topological polar surface area (TPSA) is 54.5 Å². The number of benzene rings is 1. The molecule has 0 N–H and O–H groups in total. The molecule has 1 aliphatic rings. The van der Waals surface area contributed by atoms with Crippen molar-refractivity contribution >= 4 is 15.8 Å². The van der Waals surface area contributed by atoms with E-state index in [4.69, 9.17) is 0 Å². The lowest BCUT2D eigenvalue weighted by atomic mass is 10.1. The zero-order chi connectivity index (χ0) is 14.2. The number of rotatable bonds is 3. The molecule has 4 nitrogen and oxygen atoms in total. The molecule has 0 saturated heterocycles. The fourth-order valence-electron chi connectivity index (χ4n) is 2.17. The van der Waals surface area contributed by atoms with Gasteiger partial charge in [-0.15, -0.1) is 0 Å². The van der Waals surface area contributed by atoms with Crippen molar-refractivity contribution in [1.82, 2.24) is 4.31 Å². The first-order valence-corrected chi connectivity index (χ1v) is 7.53. The average Bonchev–Trinajstić information content (AvgIpc) is 2.72. The van der Waals surface area contributed by atoms with E-state index in [1.165, 1.54) is 11.2 Å². The highest BCUT2D eigenvalue weighted by molar-refractivity contribution is 7.89. The summed E-state index contributed by atoms with van der Waals surface area (Å²) in [5, 5.41) is 0. The third kappa shape index (κ3) is 2.62. The van der Waals surface area contributed by atoms with Gasteiger partial charge < -0.3 is 0 Å². The second-order valence-corrected chi connectivity index (χ2v) is 6.84. The Bertz CT molecular complexity index is 642. The van der Waals surface area contributed by atoms with E-state index >= 15 is 0 Å². The molecule has 0 fully saturated rings. The van der Waals surface area contributed by atoms with E-state index in [-0.39, 0.29) is 17.2 Å². The Labute approximate surface area is 113 Å². The normalized spacial score (nSPS) is 17.0. The van der Waals surface area contributed by atoms with Crippen molar-refractivity contribution in [1.29, 1.82) is 0 Å². The molecule has 102 valence electrons. The number of hydrogen-bond acceptors (Lipinski definition) is 3. The monoisotopic (exact) mass is 279 g/mol. The number of nitrogens with zero attached hydrogens (tertiary/aromatic N) is 1. The summed E-state index contributed by atoms with van der Waals surface area (Å²) in [7, 11) is -3.52. The molecule has 2 rings (SSSR count). The summed E-state index contributed by atoms with van der Waals surface area (Å²) in [6.45, 7) is 5.66. The highest BCUT2D eigenvalue weighted by Crippen LogP contribution is 2.25. The van der Waals surface area contributed by atoms with Crippen LogP contribution in [0.5, 0.6) is 0 Å². The van der Waals surface area contributed by atoms with Crippen LogP contribution in [0.2, 0.25) is 0 Å². The van der Waals surface area contributed by atoms with E-state index < -0.39 is 10.0 Å². The molecule has 0 aromatic heterocycles. The van der Waals surface area contributed by atoms with Crippen molar-refractivity contribution < 1.29 is 13.2 Å². The maximum Gasteiger partial charge on any atom is 0.243 e. The van der Waals surface area contributed by atoms with Crippen LogP contribution >= 0.6 is 0 Å². The van der Waals surface area contributed by atoms with Crippen molar-refractivity contribution in [2.45, 2.75) is 25.7 Å². The van der Waals surface area contributed by atoms with Gasteiger partial charge in [-0.2, -0.15) is 4.31 Å². The molecule has 0 amide bonds. The third-order valence-corrected chi connectivity index (χ3v) is 5.15. The van der Waals surface area contributed by atoms with Crippen molar-refractivity contribution in [3.8, 4) is 0 Å². The van der Waals surface area contributed by atoms with Crippen LogP contribution in [0.1, 0.15) is 19.4 Å². The molecule has 0 spiro atoms. The summed E-state index contributed by atoms with van der Waals surface area (Å²) in [6, 6.07) is 6.75. The Morgan fingerprint density at radius 2 is 1.68 bits per heavy atom. The van der Waals surface area contributed by atoms with Gasteiger partial charge in [0.15, 0.2) is 5.78 Å². The molecule has 0 saturated carbocycles. The Morgan fingerprint density at radius 3 is 2.16 bits per heavy atom. The fraction of sp³-hybridized carbons (Fsp3) is 0.357. The quantitative estimate of drug-likeness (QED) is 0.849. The maximum absolute atomic E-state index is 12.4. The van der Waals surface area contributed by atoms with Crippen molar-refractivity contribution in [3.05, 3.63) is 41.0 Å². The smallest absolute Gasteiger partial charge is 0.243 e. The molecule has 1 aromatic rings. The zero-order valence-electron chi connectivity index (χ0n) is 11.3.